The average molecular weight is 315 g/mol. The number of para-hydroxylation sites is 1. The Morgan fingerprint density at radius 2 is 1.91 bits per heavy atom. The number of aliphatic carboxylic acids is 1. The van der Waals surface area contributed by atoms with E-state index in [2.05, 4.69) is 0 Å². The molecule has 1 fully saturated rings. The fraction of sp³-hybridized carbons (Fsp3) is 0.294. The average Bonchev–Trinajstić information content (AvgIpc) is 3.03. The van der Waals surface area contributed by atoms with Gasteiger partial charge in [0.25, 0.3) is 11.9 Å². The highest BCUT2D eigenvalue weighted by molar-refractivity contribution is 5.94. The van der Waals surface area contributed by atoms with Crippen molar-refractivity contribution in [3.8, 4) is 11.7 Å². The number of carbonyl (C=O) groups excluding carboxylic acids is 1. The number of carboxylic acid groups (broad SMARTS) is 1. The van der Waals surface area contributed by atoms with Crippen LogP contribution in [0.4, 0.5) is 0 Å². The Morgan fingerprint density at radius 1 is 1.13 bits per heavy atom. The number of nitrogens with zero attached hydrogens (tertiary/aromatic N) is 1. The van der Waals surface area contributed by atoms with E-state index >= 15 is 0 Å². The molecule has 1 N–H and O–H groups in total. The monoisotopic (exact) mass is 315 g/mol. The van der Waals surface area contributed by atoms with Crippen LogP contribution >= 0.6 is 0 Å². The minimum absolute atomic E-state index is 0.0871. The lowest BCUT2D eigenvalue weighted by Crippen LogP contribution is -2.47. The molecular formula is C17H17NO5. The number of likely N-dealkylation sites (tertiary alicyclic amines) is 1. The van der Waals surface area contributed by atoms with Gasteiger partial charge >= 0.3 is 5.97 Å². The maximum absolute atomic E-state index is 12.5. The van der Waals surface area contributed by atoms with Gasteiger partial charge in [-0.1, -0.05) is 18.2 Å². The van der Waals surface area contributed by atoms with Crippen LogP contribution in [0.1, 0.15) is 29.8 Å². The van der Waals surface area contributed by atoms with Crippen molar-refractivity contribution in [3.05, 3.63) is 48.2 Å². The molecule has 1 aliphatic rings. The topological polar surface area (TPSA) is 80.0 Å². The van der Waals surface area contributed by atoms with Gasteiger partial charge in [0, 0.05) is 12.6 Å². The Hall–Kier alpha value is -2.76. The molecule has 1 amide bonds. The number of amides is 1. The van der Waals surface area contributed by atoms with E-state index < -0.39 is 17.9 Å². The molecule has 1 aromatic carbocycles. The van der Waals surface area contributed by atoms with Gasteiger partial charge in [-0.2, -0.15) is 0 Å². The van der Waals surface area contributed by atoms with Crippen molar-refractivity contribution in [2.45, 2.75) is 25.3 Å². The molecule has 0 radical (unpaired) electrons. The van der Waals surface area contributed by atoms with Crippen molar-refractivity contribution in [2.75, 3.05) is 6.54 Å². The van der Waals surface area contributed by atoms with Crippen LogP contribution < -0.4 is 4.74 Å². The predicted molar refractivity (Wildman–Crippen MR) is 81.5 cm³/mol. The molecule has 0 spiro atoms. The fourth-order valence-electron chi connectivity index (χ4n) is 2.67. The molecule has 23 heavy (non-hydrogen) atoms. The van der Waals surface area contributed by atoms with Gasteiger partial charge in [0.2, 0.25) is 0 Å². The number of hydrogen-bond acceptors (Lipinski definition) is 4. The van der Waals surface area contributed by atoms with E-state index in [1.54, 1.807) is 18.2 Å². The summed E-state index contributed by atoms with van der Waals surface area (Å²) in [6, 6.07) is 11.3. The quantitative estimate of drug-likeness (QED) is 0.937. The molecule has 1 saturated heterocycles. The third kappa shape index (κ3) is 3.36. The molecule has 6 heteroatoms. The summed E-state index contributed by atoms with van der Waals surface area (Å²) in [4.78, 5) is 25.1. The van der Waals surface area contributed by atoms with Crippen LogP contribution in [0, 0.1) is 0 Å². The summed E-state index contributed by atoms with van der Waals surface area (Å²) in [6.45, 7) is 0.422. The second kappa shape index (κ2) is 6.56. The molecule has 0 saturated carbocycles. The first-order chi connectivity index (χ1) is 11.1. The van der Waals surface area contributed by atoms with E-state index in [0.717, 1.165) is 12.8 Å². The molecule has 2 heterocycles. The third-order valence-corrected chi connectivity index (χ3v) is 3.80. The standard InChI is InChI=1S/C17H17NO5/c19-16(18-11-5-4-8-13(18)17(20)21)14-9-10-15(23-14)22-12-6-2-1-3-7-12/h1-3,6-7,9-10,13H,4-5,8,11H2,(H,20,21)/t13-/m0/s1. The Bertz CT molecular complexity index is 694. The lowest BCUT2D eigenvalue weighted by atomic mass is 10.0. The van der Waals surface area contributed by atoms with Crippen LogP contribution in [0.25, 0.3) is 0 Å². The van der Waals surface area contributed by atoms with Gasteiger partial charge in [0.15, 0.2) is 5.76 Å². The Kier molecular flexibility index (Phi) is 4.32. The van der Waals surface area contributed by atoms with Crippen molar-refractivity contribution in [1.29, 1.82) is 0 Å². The molecule has 6 nitrogen and oxygen atoms in total. The largest absolute Gasteiger partial charge is 0.480 e. The van der Waals surface area contributed by atoms with Crippen molar-refractivity contribution in [2.24, 2.45) is 0 Å². The maximum Gasteiger partial charge on any atom is 0.326 e. The molecule has 3 rings (SSSR count). The highest BCUT2D eigenvalue weighted by Crippen LogP contribution is 2.26. The first kappa shape index (κ1) is 15.1. The van der Waals surface area contributed by atoms with Crippen molar-refractivity contribution in [3.63, 3.8) is 0 Å². The zero-order valence-corrected chi connectivity index (χ0v) is 12.5. The van der Waals surface area contributed by atoms with Crippen molar-refractivity contribution >= 4 is 11.9 Å². The first-order valence-electron chi connectivity index (χ1n) is 7.51. The van der Waals surface area contributed by atoms with Crippen LogP contribution in [0.3, 0.4) is 0 Å². The van der Waals surface area contributed by atoms with E-state index in [9.17, 15) is 14.7 Å². The predicted octanol–water partition coefficient (Wildman–Crippen LogP) is 3.15. The highest BCUT2D eigenvalue weighted by atomic mass is 16.6. The Morgan fingerprint density at radius 3 is 2.65 bits per heavy atom. The molecule has 1 aromatic heterocycles. The zero-order chi connectivity index (χ0) is 16.2. The number of benzene rings is 1. The Balaban J connectivity index is 1.74. The van der Waals surface area contributed by atoms with Gasteiger partial charge in [-0.25, -0.2) is 4.79 Å². The molecule has 0 unspecified atom stereocenters. The first-order valence-corrected chi connectivity index (χ1v) is 7.51. The van der Waals surface area contributed by atoms with Crippen LogP contribution in [0.5, 0.6) is 11.7 Å². The molecule has 2 aromatic rings. The number of carbonyl (C=O) groups is 2. The molecule has 1 atom stereocenters. The van der Waals surface area contributed by atoms with Gasteiger partial charge in [-0.15, -0.1) is 0 Å². The second-order valence-electron chi connectivity index (χ2n) is 5.38. The van der Waals surface area contributed by atoms with Crippen LogP contribution in [-0.4, -0.2) is 34.5 Å². The van der Waals surface area contributed by atoms with Crippen LogP contribution in [0.15, 0.2) is 46.9 Å². The fourth-order valence-corrected chi connectivity index (χ4v) is 2.67. The van der Waals surface area contributed by atoms with Crippen molar-refractivity contribution in [1.82, 2.24) is 4.90 Å². The number of hydrogen-bond donors (Lipinski definition) is 1. The molecule has 0 bridgehead atoms. The van der Waals surface area contributed by atoms with Gasteiger partial charge in [0.05, 0.1) is 0 Å². The zero-order valence-electron chi connectivity index (χ0n) is 12.5. The number of ether oxygens (including phenoxy) is 1. The molecular weight excluding hydrogens is 298 g/mol. The van der Waals surface area contributed by atoms with E-state index in [4.69, 9.17) is 9.15 Å². The van der Waals surface area contributed by atoms with Crippen LogP contribution in [-0.2, 0) is 4.79 Å². The summed E-state index contributed by atoms with van der Waals surface area (Å²) in [6.07, 6.45) is 2.07. The molecule has 0 aliphatic carbocycles. The number of piperidine rings is 1. The maximum atomic E-state index is 12.5. The summed E-state index contributed by atoms with van der Waals surface area (Å²) < 4.78 is 10.9. The Labute approximate surface area is 133 Å². The van der Waals surface area contributed by atoms with Crippen LogP contribution in [0.2, 0.25) is 0 Å². The summed E-state index contributed by atoms with van der Waals surface area (Å²) in [5.41, 5.74) is 0. The summed E-state index contributed by atoms with van der Waals surface area (Å²) in [5, 5.41) is 9.26. The normalized spacial score (nSPS) is 17.7. The van der Waals surface area contributed by atoms with Gasteiger partial charge in [-0.05, 0) is 37.5 Å². The summed E-state index contributed by atoms with van der Waals surface area (Å²) >= 11 is 0. The summed E-state index contributed by atoms with van der Waals surface area (Å²) in [5.74, 6) is -0.514. The van der Waals surface area contributed by atoms with E-state index in [0.29, 0.717) is 18.7 Å². The van der Waals surface area contributed by atoms with Gasteiger partial charge in [-0.3, -0.25) is 4.79 Å². The number of carboxylic acids is 1. The molecule has 120 valence electrons. The van der Waals surface area contributed by atoms with Gasteiger partial charge in [0.1, 0.15) is 11.8 Å². The van der Waals surface area contributed by atoms with Gasteiger partial charge < -0.3 is 19.2 Å². The number of furan rings is 1. The second-order valence-corrected chi connectivity index (χ2v) is 5.38. The van der Waals surface area contributed by atoms with E-state index in [1.165, 1.54) is 11.0 Å². The third-order valence-electron chi connectivity index (χ3n) is 3.80. The minimum atomic E-state index is -0.981. The van der Waals surface area contributed by atoms with E-state index in [1.807, 2.05) is 18.2 Å². The lowest BCUT2D eigenvalue weighted by molar-refractivity contribution is -0.143. The minimum Gasteiger partial charge on any atom is -0.480 e. The number of rotatable bonds is 4. The smallest absolute Gasteiger partial charge is 0.326 e. The van der Waals surface area contributed by atoms with E-state index in [-0.39, 0.29) is 11.7 Å². The lowest BCUT2D eigenvalue weighted by Gasteiger charge is -2.32. The summed E-state index contributed by atoms with van der Waals surface area (Å²) in [7, 11) is 0. The van der Waals surface area contributed by atoms with Crippen molar-refractivity contribution < 1.29 is 23.8 Å². The molecule has 1 aliphatic heterocycles. The highest BCUT2D eigenvalue weighted by Gasteiger charge is 2.33. The SMILES string of the molecule is O=C(O)[C@@H]1CCCCN1C(=O)c1ccc(Oc2ccccc2)o1.